The zero-order valence-electron chi connectivity index (χ0n) is 23.8. The van der Waals surface area contributed by atoms with E-state index in [1.165, 1.54) is 20.9 Å². The summed E-state index contributed by atoms with van der Waals surface area (Å²) in [5.41, 5.74) is 3.73. The molecule has 0 aromatic heterocycles. The highest BCUT2D eigenvalue weighted by Crippen LogP contribution is 2.43. The second-order valence-corrected chi connectivity index (χ2v) is 11.7. The lowest BCUT2D eigenvalue weighted by atomic mass is 9.97. The highest BCUT2D eigenvalue weighted by atomic mass is 35.5. The Balaban J connectivity index is 0.00000231. The molecule has 2 heterocycles. The maximum Gasteiger partial charge on any atom is 0.161 e. The van der Waals surface area contributed by atoms with E-state index < -0.39 is 0 Å². The molecule has 0 N–H and O–H groups in total. The van der Waals surface area contributed by atoms with Crippen LogP contribution >= 0.6 is 48.2 Å². The minimum Gasteiger partial charge on any atom is -0.490 e. The number of ether oxygens (including phenoxy) is 2. The lowest BCUT2D eigenvalue weighted by Gasteiger charge is -2.38. The minimum absolute atomic E-state index is 0. The molecule has 0 radical (unpaired) electrons. The van der Waals surface area contributed by atoms with E-state index in [0.717, 1.165) is 61.2 Å². The Kier molecular flexibility index (Phi) is 13.0. The summed E-state index contributed by atoms with van der Waals surface area (Å²) in [6.45, 7) is 7.70. The molecule has 5 rings (SSSR count). The number of piperazine rings is 1. The van der Waals surface area contributed by atoms with Crippen LogP contribution in [-0.2, 0) is 6.42 Å². The number of nitrogens with zero attached hydrogens (tertiary/aromatic N) is 4. The molecule has 0 amide bonds. The van der Waals surface area contributed by atoms with E-state index in [0.29, 0.717) is 19.3 Å². The summed E-state index contributed by atoms with van der Waals surface area (Å²) in [6, 6.07) is 21.4. The summed E-state index contributed by atoms with van der Waals surface area (Å²) in [7, 11) is 4.07. The molecule has 1 atom stereocenters. The third-order valence-corrected chi connectivity index (χ3v) is 8.55. The average molecular weight is 638 g/mol. The number of halogens is 3. The number of hydrogen-bond acceptors (Lipinski definition) is 7. The largest absolute Gasteiger partial charge is 0.490 e. The quantitative estimate of drug-likeness (QED) is 0.237. The lowest BCUT2D eigenvalue weighted by Crippen LogP contribution is -2.46. The molecule has 0 spiro atoms. The van der Waals surface area contributed by atoms with Crippen LogP contribution in [0.1, 0.15) is 29.7 Å². The van der Waals surface area contributed by atoms with Crippen molar-refractivity contribution in [2.75, 3.05) is 60.0 Å². The molecule has 0 bridgehead atoms. The van der Waals surface area contributed by atoms with Gasteiger partial charge in [-0.15, -0.1) is 24.8 Å². The molecule has 2 aliphatic rings. The average Bonchev–Trinajstić information content (AvgIpc) is 3.10. The van der Waals surface area contributed by atoms with Gasteiger partial charge in [0, 0.05) is 53.6 Å². The molecule has 3 aromatic carbocycles. The normalized spacial score (nSPS) is 16.8. The Labute approximate surface area is 265 Å². The Hall–Kier alpha value is -2.13. The van der Waals surface area contributed by atoms with Gasteiger partial charge in [0.1, 0.15) is 6.61 Å². The summed E-state index contributed by atoms with van der Waals surface area (Å²) < 4.78 is 11.8. The van der Waals surface area contributed by atoms with Gasteiger partial charge in [-0.05, 0) is 86.6 Å². The van der Waals surface area contributed by atoms with Crippen molar-refractivity contribution in [3.05, 3.63) is 82.4 Å². The zero-order valence-corrected chi connectivity index (χ0v) is 27.0. The molecular weight excluding hydrogens is 599 g/mol. The first-order chi connectivity index (χ1) is 19.0. The van der Waals surface area contributed by atoms with Crippen LogP contribution in [0.3, 0.4) is 0 Å². The fraction of sp³-hybridized carbons (Fsp3) is 0.387. The van der Waals surface area contributed by atoms with Crippen molar-refractivity contribution in [2.24, 2.45) is 5.10 Å². The van der Waals surface area contributed by atoms with Crippen molar-refractivity contribution >= 4 is 54.4 Å². The van der Waals surface area contributed by atoms with Crippen LogP contribution in [0.25, 0.3) is 0 Å². The Morgan fingerprint density at radius 3 is 2.49 bits per heavy atom. The molecule has 6 nitrogen and oxygen atoms in total. The summed E-state index contributed by atoms with van der Waals surface area (Å²) in [5.74, 6) is 1.53. The van der Waals surface area contributed by atoms with Crippen LogP contribution in [0.15, 0.2) is 75.6 Å². The van der Waals surface area contributed by atoms with Gasteiger partial charge in [0.25, 0.3) is 0 Å². The van der Waals surface area contributed by atoms with Gasteiger partial charge in [-0.3, -0.25) is 9.91 Å². The van der Waals surface area contributed by atoms with E-state index in [1.807, 2.05) is 63.3 Å². The molecule has 41 heavy (non-hydrogen) atoms. The molecule has 222 valence electrons. The molecule has 1 saturated heterocycles. The minimum atomic E-state index is 0. The number of fused-ring (bicyclic) bond motifs is 2. The molecule has 1 fully saturated rings. The molecule has 0 aliphatic carbocycles. The van der Waals surface area contributed by atoms with Crippen LogP contribution in [-0.4, -0.2) is 81.1 Å². The van der Waals surface area contributed by atoms with E-state index in [1.54, 1.807) is 0 Å². The van der Waals surface area contributed by atoms with E-state index in [-0.39, 0.29) is 24.8 Å². The number of likely N-dealkylation sites (N-methyl/N-ethyl adjacent to an activating group) is 1. The van der Waals surface area contributed by atoms with Crippen molar-refractivity contribution in [3.8, 4) is 11.5 Å². The van der Waals surface area contributed by atoms with Gasteiger partial charge in [0.15, 0.2) is 11.5 Å². The third kappa shape index (κ3) is 8.69. The van der Waals surface area contributed by atoms with Crippen molar-refractivity contribution in [2.45, 2.75) is 29.2 Å². The van der Waals surface area contributed by atoms with Crippen LogP contribution in [0.2, 0.25) is 5.02 Å². The monoisotopic (exact) mass is 636 g/mol. The van der Waals surface area contributed by atoms with Crippen molar-refractivity contribution in [1.82, 2.24) is 14.8 Å². The standard InChI is InChI=1S/C31H37ClN4O2S.2ClH/c1-4-37-29-19-23(9-11-28(29)38-18-17-34(2)3)22-33-36-15-13-35(14-16-36)27-20-24-7-5-6-8-30(24)39-31-12-10-25(32)21-26(27)31;;/h5-12,19,21-22,27H,4,13-18,20H2,1-3H3;2*1H/b33-22-;;. The van der Waals surface area contributed by atoms with Crippen molar-refractivity contribution < 1.29 is 9.47 Å². The van der Waals surface area contributed by atoms with Crippen molar-refractivity contribution in [3.63, 3.8) is 0 Å². The summed E-state index contributed by atoms with van der Waals surface area (Å²) in [4.78, 5) is 7.33. The molecular formula is C31H39Cl3N4O2S. The number of hydrogen-bond donors (Lipinski definition) is 0. The fourth-order valence-electron chi connectivity index (χ4n) is 5.02. The van der Waals surface area contributed by atoms with E-state index in [4.69, 9.17) is 26.2 Å². The molecule has 10 heteroatoms. The van der Waals surface area contributed by atoms with Gasteiger partial charge < -0.3 is 14.4 Å². The predicted octanol–water partition coefficient (Wildman–Crippen LogP) is 6.92. The Morgan fingerprint density at radius 1 is 0.951 bits per heavy atom. The summed E-state index contributed by atoms with van der Waals surface area (Å²) >= 11 is 8.33. The second kappa shape index (κ2) is 15.9. The maximum absolute atomic E-state index is 6.47. The zero-order chi connectivity index (χ0) is 27.2. The Morgan fingerprint density at radius 2 is 1.73 bits per heavy atom. The van der Waals surface area contributed by atoms with Crippen LogP contribution in [0, 0.1) is 0 Å². The van der Waals surface area contributed by atoms with Gasteiger partial charge in [-0.2, -0.15) is 5.10 Å². The highest BCUT2D eigenvalue weighted by Gasteiger charge is 2.30. The molecule has 0 saturated carbocycles. The van der Waals surface area contributed by atoms with E-state index in [9.17, 15) is 0 Å². The fourth-order valence-corrected chi connectivity index (χ4v) is 6.32. The van der Waals surface area contributed by atoms with Crippen molar-refractivity contribution in [1.29, 1.82) is 0 Å². The highest BCUT2D eigenvalue weighted by molar-refractivity contribution is 7.99. The third-order valence-electron chi connectivity index (χ3n) is 7.10. The lowest BCUT2D eigenvalue weighted by molar-refractivity contribution is 0.0970. The number of benzene rings is 3. The topological polar surface area (TPSA) is 40.5 Å². The predicted molar refractivity (Wildman–Crippen MR) is 175 cm³/mol. The van der Waals surface area contributed by atoms with E-state index in [2.05, 4.69) is 51.2 Å². The number of hydrazone groups is 1. The SMILES string of the molecule is CCOc1cc(/C=N\N2CCN(C3Cc4ccccc4Sc4ccc(Cl)cc43)CC2)ccc1OCCN(C)C.Cl.Cl. The van der Waals surface area contributed by atoms with Crippen LogP contribution in [0.4, 0.5) is 0 Å². The maximum atomic E-state index is 6.47. The first kappa shape index (κ1) is 33.4. The number of rotatable bonds is 9. The van der Waals surface area contributed by atoms with Crippen LogP contribution < -0.4 is 9.47 Å². The Bertz CT molecular complexity index is 1300. The van der Waals surface area contributed by atoms with Gasteiger partial charge >= 0.3 is 0 Å². The second-order valence-electron chi connectivity index (χ2n) is 10.1. The molecule has 1 unspecified atom stereocenters. The first-order valence-corrected chi connectivity index (χ1v) is 14.8. The van der Waals surface area contributed by atoms with Gasteiger partial charge in [-0.1, -0.05) is 41.6 Å². The molecule has 3 aromatic rings. The van der Waals surface area contributed by atoms with Gasteiger partial charge in [0.2, 0.25) is 0 Å². The van der Waals surface area contributed by atoms with E-state index >= 15 is 0 Å². The van der Waals surface area contributed by atoms with Crippen LogP contribution in [0.5, 0.6) is 11.5 Å². The first-order valence-electron chi connectivity index (χ1n) is 13.6. The summed E-state index contributed by atoms with van der Waals surface area (Å²) in [6.07, 6.45) is 2.92. The van der Waals surface area contributed by atoms with Gasteiger partial charge in [0.05, 0.1) is 12.8 Å². The molecule has 2 aliphatic heterocycles. The summed E-state index contributed by atoms with van der Waals surface area (Å²) in [5, 5.41) is 7.78. The van der Waals surface area contributed by atoms with Gasteiger partial charge in [-0.25, -0.2) is 0 Å². The smallest absolute Gasteiger partial charge is 0.161 e.